The fourth-order valence-electron chi connectivity index (χ4n) is 0.866. The summed E-state index contributed by atoms with van der Waals surface area (Å²) >= 11 is 0. The Labute approximate surface area is 82.5 Å². The summed E-state index contributed by atoms with van der Waals surface area (Å²) in [5.41, 5.74) is 0.516. The third kappa shape index (κ3) is 3.10. The first kappa shape index (κ1) is 10.6. The molecule has 0 amide bonds. The number of nitrogens with zero attached hydrogens (tertiary/aromatic N) is 2. The Kier molecular flexibility index (Phi) is 4.00. The van der Waals surface area contributed by atoms with Gasteiger partial charge in [0.15, 0.2) is 5.78 Å². The van der Waals surface area contributed by atoms with E-state index >= 15 is 0 Å². The smallest absolute Gasteiger partial charge is 0.222 e. The topological polar surface area (TPSA) is 64.1 Å². The van der Waals surface area contributed by atoms with Gasteiger partial charge >= 0.3 is 0 Å². The van der Waals surface area contributed by atoms with E-state index in [9.17, 15) is 4.79 Å². The van der Waals surface area contributed by atoms with Gasteiger partial charge in [0.1, 0.15) is 0 Å². The number of carbonyl (C=O) groups is 1. The van der Waals surface area contributed by atoms with Crippen LogP contribution < -0.4 is 5.32 Å². The lowest BCUT2D eigenvalue weighted by Gasteiger charge is -2.03. The van der Waals surface area contributed by atoms with E-state index in [0.29, 0.717) is 24.7 Å². The molecule has 0 bridgehead atoms. The van der Waals surface area contributed by atoms with Gasteiger partial charge in [0.25, 0.3) is 0 Å². The number of carbonyl (C=O) groups excluding carboxylic acids is 1. The van der Waals surface area contributed by atoms with E-state index in [4.69, 9.17) is 4.74 Å². The molecule has 0 unspecified atom stereocenters. The largest absolute Gasteiger partial charge is 0.383 e. The summed E-state index contributed by atoms with van der Waals surface area (Å²) in [6.45, 7) is 2.73. The summed E-state index contributed by atoms with van der Waals surface area (Å²) in [6.07, 6.45) is 3.01. The quantitative estimate of drug-likeness (QED) is 0.554. The zero-order chi connectivity index (χ0) is 10.4. The summed E-state index contributed by atoms with van der Waals surface area (Å²) in [5, 5.41) is 2.95. The Hall–Kier alpha value is -1.49. The van der Waals surface area contributed by atoms with Crippen molar-refractivity contribution in [2.45, 2.75) is 6.92 Å². The molecule has 0 spiro atoms. The van der Waals surface area contributed by atoms with Crippen LogP contribution in [0.5, 0.6) is 0 Å². The van der Waals surface area contributed by atoms with E-state index in [1.165, 1.54) is 19.3 Å². The van der Waals surface area contributed by atoms with Crippen molar-refractivity contribution in [1.29, 1.82) is 0 Å². The first-order chi connectivity index (χ1) is 6.74. The molecule has 1 aromatic rings. The molecule has 76 valence electrons. The minimum absolute atomic E-state index is 0.0339. The van der Waals surface area contributed by atoms with Gasteiger partial charge in [0.05, 0.1) is 12.2 Å². The number of hydrogen-bond acceptors (Lipinski definition) is 5. The van der Waals surface area contributed by atoms with Crippen LogP contribution in [0.15, 0.2) is 12.4 Å². The second-order valence-corrected chi connectivity index (χ2v) is 2.77. The molecule has 0 aliphatic rings. The zero-order valence-corrected chi connectivity index (χ0v) is 8.28. The van der Waals surface area contributed by atoms with Gasteiger partial charge in [-0.25, -0.2) is 9.97 Å². The molecule has 0 aliphatic carbocycles. The maximum absolute atomic E-state index is 10.9. The predicted molar refractivity (Wildman–Crippen MR) is 52.4 cm³/mol. The molecule has 0 saturated carbocycles. The molecule has 0 aromatic carbocycles. The molecule has 1 N–H and O–H groups in total. The first-order valence-electron chi connectivity index (χ1n) is 4.30. The number of nitrogens with one attached hydrogen (secondary N) is 1. The highest BCUT2D eigenvalue weighted by atomic mass is 16.5. The van der Waals surface area contributed by atoms with E-state index in [-0.39, 0.29) is 5.78 Å². The first-order valence-corrected chi connectivity index (χ1v) is 4.30. The molecule has 0 aliphatic heterocycles. The molecule has 1 aromatic heterocycles. The Bertz CT molecular complexity index is 297. The van der Waals surface area contributed by atoms with E-state index in [0.717, 1.165) is 0 Å². The Morgan fingerprint density at radius 1 is 1.50 bits per heavy atom. The van der Waals surface area contributed by atoms with Crippen LogP contribution in [-0.4, -0.2) is 36.0 Å². The van der Waals surface area contributed by atoms with E-state index in [1.807, 2.05) is 0 Å². The predicted octanol–water partition coefficient (Wildman–Crippen LogP) is 0.737. The van der Waals surface area contributed by atoms with Gasteiger partial charge in [-0.3, -0.25) is 4.79 Å². The molecule has 1 heterocycles. The van der Waals surface area contributed by atoms with Crippen molar-refractivity contribution in [3.05, 3.63) is 18.0 Å². The van der Waals surface area contributed by atoms with Crippen molar-refractivity contribution in [3.8, 4) is 0 Å². The lowest BCUT2D eigenvalue weighted by Crippen LogP contribution is -2.10. The minimum atomic E-state index is -0.0339. The van der Waals surface area contributed by atoms with Gasteiger partial charge in [-0.15, -0.1) is 0 Å². The molecular weight excluding hydrogens is 182 g/mol. The monoisotopic (exact) mass is 195 g/mol. The van der Waals surface area contributed by atoms with Crippen LogP contribution in [0.3, 0.4) is 0 Å². The van der Waals surface area contributed by atoms with E-state index in [2.05, 4.69) is 15.3 Å². The lowest BCUT2D eigenvalue weighted by atomic mass is 10.2. The number of hydrogen-bond donors (Lipinski definition) is 1. The van der Waals surface area contributed by atoms with Crippen LogP contribution in [0.4, 0.5) is 5.95 Å². The number of ether oxygens (including phenoxy) is 1. The number of ketones is 1. The molecule has 1 rings (SSSR count). The molecule has 14 heavy (non-hydrogen) atoms. The second kappa shape index (κ2) is 5.29. The van der Waals surface area contributed by atoms with Gasteiger partial charge in [0.2, 0.25) is 5.95 Å². The fourth-order valence-corrected chi connectivity index (χ4v) is 0.866. The van der Waals surface area contributed by atoms with Crippen LogP contribution in [0, 0.1) is 0 Å². The zero-order valence-electron chi connectivity index (χ0n) is 8.28. The van der Waals surface area contributed by atoms with Crippen molar-refractivity contribution in [1.82, 2.24) is 9.97 Å². The number of anilines is 1. The standard InChI is InChI=1S/C9H13N3O2/c1-7(13)8-5-11-9(12-6-8)10-3-4-14-2/h5-6H,3-4H2,1-2H3,(H,10,11,12). The number of rotatable bonds is 5. The van der Waals surface area contributed by atoms with Gasteiger partial charge in [0, 0.05) is 26.0 Å². The van der Waals surface area contributed by atoms with Crippen molar-refractivity contribution in [3.63, 3.8) is 0 Å². The van der Waals surface area contributed by atoms with Crippen LogP contribution in [-0.2, 0) is 4.74 Å². The molecular formula is C9H13N3O2. The molecule has 0 radical (unpaired) electrons. The molecule has 5 heteroatoms. The van der Waals surface area contributed by atoms with Gasteiger partial charge < -0.3 is 10.1 Å². The molecule has 0 fully saturated rings. The lowest BCUT2D eigenvalue weighted by molar-refractivity contribution is 0.101. The van der Waals surface area contributed by atoms with Crippen molar-refractivity contribution >= 4 is 11.7 Å². The van der Waals surface area contributed by atoms with Crippen molar-refractivity contribution in [2.24, 2.45) is 0 Å². The second-order valence-electron chi connectivity index (χ2n) is 2.77. The van der Waals surface area contributed by atoms with Gasteiger partial charge in [-0.05, 0) is 6.92 Å². The number of methoxy groups -OCH3 is 1. The van der Waals surface area contributed by atoms with E-state index in [1.54, 1.807) is 7.11 Å². The molecule has 5 nitrogen and oxygen atoms in total. The van der Waals surface area contributed by atoms with Crippen molar-refractivity contribution in [2.75, 3.05) is 25.6 Å². The summed E-state index contributed by atoms with van der Waals surface area (Å²) in [4.78, 5) is 18.8. The normalized spacial score (nSPS) is 9.86. The van der Waals surface area contributed by atoms with Crippen LogP contribution in [0.25, 0.3) is 0 Å². The van der Waals surface area contributed by atoms with Crippen LogP contribution in [0.2, 0.25) is 0 Å². The van der Waals surface area contributed by atoms with Crippen LogP contribution >= 0.6 is 0 Å². The van der Waals surface area contributed by atoms with Crippen molar-refractivity contribution < 1.29 is 9.53 Å². The SMILES string of the molecule is COCCNc1ncc(C(C)=O)cn1. The highest BCUT2D eigenvalue weighted by Gasteiger charge is 2.00. The average Bonchev–Trinajstić information content (AvgIpc) is 2.19. The third-order valence-electron chi connectivity index (χ3n) is 1.65. The minimum Gasteiger partial charge on any atom is -0.383 e. The number of Topliss-reactive ketones (excluding diaryl/α,β-unsaturated/α-hetero) is 1. The fraction of sp³-hybridized carbons (Fsp3) is 0.444. The molecule has 0 saturated heterocycles. The maximum Gasteiger partial charge on any atom is 0.222 e. The highest BCUT2D eigenvalue weighted by molar-refractivity contribution is 5.93. The Morgan fingerprint density at radius 2 is 2.14 bits per heavy atom. The molecule has 0 atom stereocenters. The van der Waals surface area contributed by atoms with E-state index < -0.39 is 0 Å². The summed E-state index contributed by atoms with van der Waals surface area (Å²) < 4.78 is 4.85. The summed E-state index contributed by atoms with van der Waals surface area (Å²) in [6, 6.07) is 0. The van der Waals surface area contributed by atoms with Crippen LogP contribution in [0.1, 0.15) is 17.3 Å². The summed E-state index contributed by atoms with van der Waals surface area (Å²) in [7, 11) is 1.63. The highest BCUT2D eigenvalue weighted by Crippen LogP contribution is 2.00. The Balaban J connectivity index is 2.51. The average molecular weight is 195 g/mol. The Morgan fingerprint density at radius 3 is 2.64 bits per heavy atom. The number of aromatic nitrogens is 2. The van der Waals surface area contributed by atoms with Gasteiger partial charge in [-0.2, -0.15) is 0 Å². The summed E-state index contributed by atoms with van der Waals surface area (Å²) in [5.74, 6) is 0.473. The maximum atomic E-state index is 10.9. The van der Waals surface area contributed by atoms with Gasteiger partial charge in [-0.1, -0.05) is 0 Å². The third-order valence-corrected chi connectivity index (χ3v) is 1.65.